The quantitative estimate of drug-likeness (QED) is 0.731. The molecule has 122 valence electrons. The summed E-state index contributed by atoms with van der Waals surface area (Å²) < 4.78 is 25.5. The summed E-state index contributed by atoms with van der Waals surface area (Å²) in [4.78, 5) is 0.426. The number of allylic oxidation sites excluding steroid dienone is 2. The van der Waals surface area contributed by atoms with Gasteiger partial charge in [-0.2, -0.15) is 0 Å². The molecule has 1 N–H and O–H groups in total. The third-order valence-electron chi connectivity index (χ3n) is 3.37. The van der Waals surface area contributed by atoms with Crippen molar-refractivity contribution in [3.8, 4) is 0 Å². The molecule has 0 aromatic heterocycles. The van der Waals surface area contributed by atoms with E-state index in [1.54, 1.807) is 36.4 Å². The molecule has 0 saturated carbocycles. The Labute approximate surface area is 134 Å². The van der Waals surface area contributed by atoms with E-state index in [4.69, 9.17) is 0 Å². The lowest BCUT2D eigenvalue weighted by Gasteiger charge is -2.10. The number of hydrogen-bond acceptors (Lipinski definition) is 3. The van der Waals surface area contributed by atoms with Crippen LogP contribution in [-0.2, 0) is 9.84 Å². The highest BCUT2D eigenvalue weighted by atomic mass is 32.2. The van der Waals surface area contributed by atoms with Crippen LogP contribution in [0.3, 0.4) is 0 Å². The predicted molar refractivity (Wildman–Crippen MR) is 91.4 cm³/mol. The van der Waals surface area contributed by atoms with E-state index in [0.29, 0.717) is 6.42 Å². The Morgan fingerprint density at radius 2 is 1.86 bits per heavy atom. The first-order valence-electron chi connectivity index (χ1n) is 7.80. The largest absolute Gasteiger partial charge is 0.389 e. The zero-order valence-electron chi connectivity index (χ0n) is 13.6. The Morgan fingerprint density at radius 1 is 1.23 bits per heavy atom. The molecule has 0 aliphatic rings. The maximum Gasteiger partial charge on any atom is 0.206 e. The molecular formula is C18H26O3S. The van der Waals surface area contributed by atoms with E-state index in [1.165, 1.54) is 6.08 Å². The van der Waals surface area contributed by atoms with Gasteiger partial charge in [-0.1, -0.05) is 50.5 Å². The number of sulfone groups is 1. The van der Waals surface area contributed by atoms with Crippen LogP contribution in [0, 0.1) is 6.92 Å². The SMILES string of the molecule is CC/C=C/C(=C/[C@@H](O)CCCC)S(=O)(=O)c1ccc(C)cc1. The van der Waals surface area contributed by atoms with Gasteiger partial charge < -0.3 is 5.11 Å². The minimum atomic E-state index is -3.60. The Balaban J connectivity index is 3.17. The average molecular weight is 322 g/mol. The minimum Gasteiger partial charge on any atom is -0.389 e. The molecule has 0 heterocycles. The molecule has 0 bridgehead atoms. The molecule has 0 spiro atoms. The van der Waals surface area contributed by atoms with Gasteiger partial charge in [0.1, 0.15) is 0 Å². The average Bonchev–Trinajstić information content (AvgIpc) is 2.49. The van der Waals surface area contributed by atoms with Gasteiger partial charge in [0.05, 0.1) is 15.9 Å². The van der Waals surface area contributed by atoms with Gasteiger partial charge in [-0.3, -0.25) is 0 Å². The van der Waals surface area contributed by atoms with E-state index in [-0.39, 0.29) is 9.80 Å². The summed E-state index contributed by atoms with van der Waals surface area (Å²) in [6.45, 7) is 5.90. The Bertz CT molecular complexity index is 610. The number of aliphatic hydroxyl groups is 1. The molecule has 3 nitrogen and oxygen atoms in total. The van der Waals surface area contributed by atoms with Crippen LogP contribution in [0.15, 0.2) is 52.3 Å². The Kier molecular flexibility index (Phi) is 7.56. The first kappa shape index (κ1) is 18.7. The highest BCUT2D eigenvalue weighted by Gasteiger charge is 2.19. The van der Waals surface area contributed by atoms with Crippen molar-refractivity contribution < 1.29 is 13.5 Å². The summed E-state index contributed by atoms with van der Waals surface area (Å²) in [6, 6.07) is 6.77. The molecule has 0 aliphatic heterocycles. The molecule has 22 heavy (non-hydrogen) atoms. The smallest absolute Gasteiger partial charge is 0.206 e. The molecule has 4 heteroatoms. The van der Waals surface area contributed by atoms with Gasteiger partial charge in [0.2, 0.25) is 9.84 Å². The van der Waals surface area contributed by atoms with Gasteiger partial charge in [-0.15, -0.1) is 0 Å². The molecule has 0 fully saturated rings. The topological polar surface area (TPSA) is 54.4 Å². The van der Waals surface area contributed by atoms with Crippen molar-refractivity contribution in [2.75, 3.05) is 0 Å². The minimum absolute atomic E-state index is 0.168. The van der Waals surface area contributed by atoms with Crippen LogP contribution in [-0.4, -0.2) is 19.6 Å². The van der Waals surface area contributed by atoms with Gasteiger partial charge in [0, 0.05) is 0 Å². The lowest BCUT2D eigenvalue weighted by Crippen LogP contribution is -2.09. The second-order valence-electron chi connectivity index (χ2n) is 5.41. The van der Waals surface area contributed by atoms with Gasteiger partial charge in [-0.25, -0.2) is 8.42 Å². The molecule has 1 aromatic carbocycles. The normalized spacial score (nSPS) is 14.5. The van der Waals surface area contributed by atoms with E-state index in [9.17, 15) is 13.5 Å². The second-order valence-corrected chi connectivity index (χ2v) is 7.36. The first-order valence-corrected chi connectivity index (χ1v) is 9.28. The standard InChI is InChI=1S/C18H26O3S/c1-4-6-8-16(19)14-18(9-7-5-2)22(20,21)17-12-10-15(3)11-13-17/h7,9-14,16,19H,4-6,8H2,1-3H3/b9-7+,18-14-/t16-/m0/s1. The van der Waals surface area contributed by atoms with Crippen LogP contribution in [0.2, 0.25) is 0 Å². The summed E-state index contributed by atoms with van der Waals surface area (Å²) in [7, 11) is -3.60. The van der Waals surface area contributed by atoms with Gasteiger partial charge in [-0.05, 0) is 44.1 Å². The summed E-state index contributed by atoms with van der Waals surface area (Å²) in [6.07, 6.45) is 7.25. The van der Waals surface area contributed by atoms with Crippen molar-refractivity contribution in [1.29, 1.82) is 0 Å². The Hall–Kier alpha value is -1.39. The molecule has 0 radical (unpaired) electrons. The molecule has 0 saturated heterocycles. The number of aliphatic hydroxyl groups excluding tert-OH is 1. The third-order valence-corrected chi connectivity index (χ3v) is 5.16. The highest BCUT2D eigenvalue weighted by Crippen LogP contribution is 2.22. The Morgan fingerprint density at radius 3 is 2.41 bits per heavy atom. The predicted octanol–water partition coefficient (Wildman–Crippen LogP) is 4.17. The van der Waals surface area contributed by atoms with Crippen LogP contribution in [0.1, 0.15) is 45.1 Å². The lowest BCUT2D eigenvalue weighted by atomic mass is 10.1. The fourth-order valence-electron chi connectivity index (χ4n) is 2.01. The molecule has 1 aromatic rings. The van der Waals surface area contributed by atoms with Crippen LogP contribution in [0.4, 0.5) is 0 Å². The van der Waals surface area contributed by atoms with Crippen LogP contribution >= 0.6 is 0 Å². The molecule has 1 atom stereocenters. The van der Waals surface area contributed by atoms with E-state index in [0.717, 1.165) is 24.8 Å². The zero-order chi connectivity index (χ0) is 16.6. The molecule has 0 unspecified atom stereocenters. The fourth-order valence-corrected chi connectivity index (χ4v) is 3.39. The van der Waals surface area contributed by atoms with E-state index in [2.05, 4.69) is 0 Å². The van der Waals surface area contributed by atoms with Crippen LogP contribution in [0.25, 0.3) is 0 Å². The number of unbranched alkanes of at least 4 members (excludes halogenated alkanes) is 1. The van der Waals surface area contributed by atoms with E-state index >= 15 is 0 Å². The van der Waals surface area contributed by atoms with Crippen molar-refractivity contribution in [2.45, 2.75) is 57.5 Å². The highest BCUT2D eigenvalue weighted by molar-refractivity contribution is 7.95. The van der Waals surface area contributed by atoms with Crippen molar-refractivity contribution >= 4 is 9.84 Å². The van der Waals surface area contributed by atoms with Crippen molar-refractivity contribution in [3.63, 3.8) is 0 Å². The van der Waals surface area contributed by atoms with Gasteiger partial charge >= 0.3 is 0 Å². The molecular weight excluding hydrogens is 296 g/mol. The maximum absolute atomic E-state index is 12.7. The summed E-state index contributed by atoms with van der Waals surface area (Å²) in [5.74, 6) is 0. The maximum atomic E-state index is 12.7. The number of rotatable bonds is 8. The van der Waals surface area contributed by atoms with Crippen molar-refractivity contribution in [2.24, 2.45) is 0 Å². The lowest BCUT2D eigenvalue weighted by molar-refractivity contribution is 0.209. The third kappa shape index (κ3) is 5.43. The summed E-state index contributed by atoms with van der Waals surface area (Å²) >= 11 is 0. The second kappa shape index (κ2) is 8.91. The summed E-state index contributed by atoms with van der Waals surface area (Å²) in [5, 5.41) is 10.0. The monoisotopic (exact) mass is 322 g/mol. The zero-order valence-corrected chi connectivity index (χ0v) is 14.4. The molecule has 0 amide bonds. The molecule has 1 rings (SSSR count). The van der Waals surface area contributed by atoms with Crippen molar-refractivity contribution in [3.05, 3.63) is 53.0 Å². The number of aryl methyl sites for hydroxylation is 1. The van der Waals surface area contributed by atoms with Crippen LogP contribution < -0.4 is 0 Å². The number of benzene rings is 1. The summed E-state index contributed by atoms with van der Waals surface area (Å²) in [5.41, 5.74) is 1.01. The van der Waals surface area contributed by atoms with Crippen LogP contribution in [0.5, 0.6) is 0 Å². The van der Waals surface area contributed by atoms with Gasteiger partial charge in [0.15, 0.2) is 0 Å². The van der Waals surface area contributed by atoms with E-state index in [1.807, 2.05) is 20.8 Å². The van der Waals surface area contributed by atoms with Gasteiger partial charge in [0.25, 0.3) is 0 Å². The number of hydrogen-bond donors (Lipinski definition) is 1. The fraction of sp³-hybridized carbons (Fsp3) is 0.444. The first-order chi connectivity index (χ1) is 10.4. The van der Waals surface area contributed by atoms with Crippen molar-refractivity contribution in [1.82, 2.24) is 0 Å². The van der Waals surface area contributed by atoms with E-state index < -0.39 is 15.9 Å². The molecule has 0 aliphatic carbocycles.